The van der Waals surface area contributed by atoms with E-state index in [1.54, 1.807) is 6.20 Å². The Morgan fingerprint density at radius 2 is 2.26 bits per heavy atom. The van der Waals surface area contributed by atoms with Crippen LogP contribution in [0.15, 0.2) is 36.8 Å². The van der Waals surface area contributed by atoms with Crippen LogP contribution < -0.4 is 10.6 Å². The van der Waals surface area contributed by atoms with Crippen molar-refractivity contribution < 1.29 is 4.79 Å². The van der Waals surface area contributed by atoms with Gasteiger partial charge < -0.3 is 10.6 Å². The van der Waals surface area contributed by atoms with E-state index in [1.165, 1.54) is 18.0 Å². The molecule has 1 aliphatic rings. The number of amides is 1. The van der Waals surface area contributed by atoms with Crippen LogP contribution >= 0.6 is 0 Å². The first-order valence-corrected chi connectivity index (χ1v) is 6.27. The lowest BCUT2D eigenvalue weighted by atomic mass is 10.0. The lowest BCUT2D eigenvalue weighted by Gasteiger charge is -2.18. The molecule has 96 valence electrons. The Labute approximate surface area is 111 Å². The van der Waals surface area contributed by atoms with E-state index in [4.69, 9.17) is 0 Å². The first-order valence-electron chi connectivity index (χ1n) is 6.27. The van der Waals surface area contributed by atoms with Gasteiger partial charge in [0.05, 0.1) is 6.20 Å². The van der Waals surface area contributed by atoms with Crippen molar-refractivity contribution >= 4 is 17.3 Å². The molecule has 19 heavy (non-hydrogen) atoms. The molecule has 0 aliphatic carbocycles. The van der Waals surface area contributed by atoms with Crippen molar-refractivity contribution in [3.8, 4) is 0 Å². The van der Waals surface area contributed by atoms with Gasteiger partial charge in [-0.2, -0.15) is 0 Å². The molecule has 3 rings (SSSR count). The Kier molecular flexibility index (Phi) is 3.10. The van der Waals surface area contributed by atoms with Crippen molar-refractivity contribution in [3.05, 3.63) is 48.0 Å². The van der Waals surface area contributed by atoms with E-state index < -0.39 is 0 Å². The molecule has 0 saturated heterocycles. The molecule has 1 aromatic carbocycles. The predicted molar refractivity (Wildman–Crippen MR) is 73.2 cm³/mol. The summed E-state index contributed by atoms with van der Waals surface area (Å²) in [7, 11) is 0. The van der Waals surface area contributed by atoms with Crippen molar-refractivity contribution in [3.63, 3.8) is 0 Å². The summed E-state index contributed by atoms with van der Waals surface area (Å²) in [5.41, 5.74) is 3.50. The molecule has 0 radical (unpaired) electrons. The van der Waals surface area contributed by atoms with Gasteiger partial charge in [0.2, 0.25) is 0 Å². The van der Waals surface area contributed by atoms with Gasteiger partial charge in [0, 0.05) is 30.3 Å². The number of anilines is 2. The van der Waals surface area contributed by atoms with Gasteiger partial charge >= 0.3 is 0 Å². The smallest absolute Gasteiger partial charge is 0.275 e. The Hall–Kier alpha value is -2.43. The molecule has 2 N–H and O–H groups in total. The lowest BCUT2D eigenvalue weighted by Crippen LogP contribution is -2.15. The van der Waals surface area contributed by atoms with Crippen LogP contribution in [0.2, 0.25) is 0 Å². The molecule has 2 heterocycles. The van der Waals surface area contributed by atoms with Crippen LogP contribution in [0.5, 0.6) is 0 Å². The first kappa shape index (κ1) is 11.6. The highest BCUT2D eigenvalue weighted by molar-refractivity contribution is 6.02. The second-order valence-corrected chi connectivity index (χ2v) is 4.45. The normalized spacial score (nSPS) is 13.3. The highest BCUT2D eigenvalue weighted by Crippen LogP contribution is 2.25. The van der Waals surface area contributed by atoms with Crippen LogP contribution in [0, 0.1) is 0 Å². The molecule has 0 spiro atoms. The number of aryl methyl sites for hydroxylation is 1. The van der Waals surface area contributed by atoms with Gasteiger partial charge in [0.1, 0.15) is 5.69 Å². The minimum atomic E-state index is -0.239. The van der Waals surface area contributed by atoms with E-state index in [9.17, 15) is 4.79 Å². The molecule has 0 saturated carbocycles. The third kappa shape index (κ3) is 2.54. The molecule has 1 amide bonds. The number of hydrogen-bond donors (Lipinski definition) is 2. The van der Waals surface area contributed by atoms with E-state index in [0.29, 0.717) is 5.69 Å². The summed E-state index contributed by atoms with van der Waals surface area (Å²) in [6, 6.07) is 5.90. The fourth-order valence-corrected chi connectivity index (χ4v) is 2.16. The molecular weight excluding hydrogens is 240 g/mol. The largest absolute Gasteiger partial charge is 0.385 e. The molecule has 1 aromatic heterocycles. The summed E-state index contributed by atoms with van der Waals surface area (Å²) in [6.45, 7) is 1.01. The van der Waals surface area contributed by atoms with Gasteiger partial charge in [-0.25, -0.2) is 4.98 Å². The second-order valence-electron chi connectivity index (χ2n) is 4.45. The molecule has 2 aromatic rings. The molecule has 0 fully saturated rings. The maximum Gasteiger partial charge on any atom is 0.275 e. The molecule has 0 unspecified atom stereocenters. The van der Waals surface area contributed by atoms with Crippen LogP contribution in [0.4, 0.5) is 11.4 Å². The molecule has 5 heteroatoms. The summed E-state index contributed by atoms with van der Waals surface area (Å²) in [5.74, 6) is -0.239. The summed E-state index contributed by atoms with van der Waals surface area (Å²) >= 11 is 0. The SMILES string of the molecule is O=C(Nc1ccc2c(c1)CCCN2)c1cnccn1. The zero-order valence-corrected chi connectivity index (χ0v) is 10.4. The average molecular weight is 254 g/mol. The van der Waals surface area contributed by atoms with Gasteiger partial charge in [-0.3, -0.25) is 9.78 Å². The average Bonchev–Trinajstić information content (AvgIpc) is 2.48. The van der Waals surface area contributed by atoms with Crippen molar-refractivity contribution in [1.82, 2.24) is 9.97 Å². The van der Waals surface area contributed by atoms with Gasteiger partial charge in [-0.1, -0.05) is 0 Å². The molecule has 5 nitrogen and oxygen atoms in total. The van der Waals surface area contributed by atoms with Crippen molar-refractivity contribution in [2.24, 2.45) is 0 Å². The number of benzene rings is 1. The number of carbonyl (C=O) groups is 1. The molecular formula is C14H14N4O. The number of aromatic nitrogens is 2. The fourth-order valence-electron chi connectivity index (χ4n) is 2.16. The minimum Gasteiger partial charge on any atom is -0.385 e. The van der Waals surface area contributed by atoms with E-state index in [-0.39, 0.29) is 5.91 Å². The Morgan fingerprint density at radius 1 is 1.32 bits per heavy atom. The number of nitrogens with zero attached hydrogens (tertiary/aromatic N) is 2. The number of rotatable bonds is 2. The monoisotopic (exact) mass is 254 g/mol. The minimum absolute atomic E-state index is 0.239. The Balaban J connectivity index is 1.78. The third-order valence-electron chi connectivity index (χ3n) is 3.10. The maximum atomic E-state index is 12.0. The highest BCUT2D eigenvalue weighted by atomic mass is 16.1. The van der Waals surface area contributed by atoms with E-state index >= 15 is 0 Å². The highest BCUT2D eigenvalue weighted by Gasteiger charge is 2.11. The van der Waals surface area contributed by atoms with Crippen LogP contribution in [0.25, 0.3) is 0 Å². The summed E-state index contributed by atoms with van der Waals surface area (Å²) in [4.78, 5) is 19.8. The Bertz CT molecular complexity index is 598. The van der Waals surface area contributed by atoms with Gasteiger partial charge in [-0.05, 0) is 36.6 Å². The predicted octanol–water partition coefficient (Wildman–Crippen LogP) is 2.09. The number of nitrogens with one attached hydrogen (secondary N) is 2. The van der Waals surface area contributed by atoms with Crippen LogP contribution in [0.3, 0.4) is 0 Å². The standard InChI is InChI=1S/C14H14N4O/c19-14(13-9-15-6-7-17-13)18-11-3-4-12-10(8-11)2-1-5-16-12/h3-4,6-9,16H,1-2,5H2,(H,18,19). The third-order valence-corrected chi connectivity index (χ3v) is 3.10. The Morgan fingerprint density at radius 3 is 3.11 bits per heavy atom. The molecule has 0 bridgehead atoms. The second kappa shape index (κ2) is 5.06. The van der Waals surface area contributed by atoms with Crippen molar-refractivity contribution in [2.75, 3.05) is 17.2 Å². The summed E-state index contributed by atoms with van der Waals surface area (Å²) < 4.78 is 0. The fraction of sp³-hybridized carbons (Fsp3) is 0.214. The summed E-state index contributed by atoms with van der Waals surface area (Å²) in [6.07, 6.45) is 6.66. The lowest BCUT2D eigenvalue weighted by molar-refractivity contribution is 0.102. The van der Waals surface area contributed by atoms with Gasteiger partial charge in [-0.15, -0.1) is 0 Å². The quantitative estimate of drug-likeness (QED) is 0.861. The number of hydrogen-bond acceptors (Lipinski definition) is 4. The van der Waals surface area contributed by atoms with Crippen LogP contribution in [0.1, 0.15) is 22.5 Å². The van der Waals surface area contributed by atoms with Crippen LogP contribution in [-0.2, 0) is 6.42 Å². The number of fused-ring (bicyclic) bond motifs is 1. The zero-order chi connectivity index (χ0) is 13.1. The molecule has 0 atom stereocenters. The zero-order valence-electron chi connectivity index (χ0n) is 10.4. The first-order chi connectivity index (χ1) is 9.33. The van der Waals surface area contributed by atoms with E-state index in [1.807, 2.05) is 18.2 Å². The topological polar surface area (TPSA) is 66.9 Å². The van der Waals surface area contributed by atoms with E-state index in [2.05, 4.69) is 20.6 Å². The van der Waals surface area contributed by atoms with Gasteiger partial charge in [0.25, 0.3) is 5.91 Å². The van der Waals surface area contributed by atoms with Crippen LogP contribution in [-0.4, -0.2) is 22.4 Å². The van der Waals surface area contributed by atoms with Gasteiger partial charge in [0.15, 0.2) is 0 Å². The number of carbonyl (C=O) groups excluding carboxylic acids is 1. The summed E-state index contributed by atoms with van der Waals surface area (Å²) in [5, 5.41) is 6.18. The van der Waals surface area contributed by atoms with Crippen molar-refractivity contribution in [1.29, 1.82) is 0 Å². The van der Waals surface area contributed by atoms with E-state index in [0.717, 1.165) is 30.8 Å². The molecule has 1 aliphatic heterocycles. The maximum absolute atomic E-state index is 12.0. The van der Waals surface area contributed by atoms with Crippen molar-refractivity contribution in [2.45, 2.75) is 12.8 Å².